The molecule has 8 heteroatoms. The number of nitrogens with one attached hydrogen (secondary N) is 2. The van der Waals surface area contributed by atoms with Crippen LogP contribution >= 0.6 is 22.7 Å². The molecule has 2 aromatic heterocycles. The molecule has 2 N–H and O–H groups in total. The Morgan fingerprint density at radius 2 is 2.11 bits per heavy atom. The predicted molar refractivity (Wildman–Crippen MR) is 145 cm³/mol. The molecule has 3 heterocycles. The zero-order valence-electron chi connectivity index (χ0n) is 20.1. The number of carbonyl (C=O) groups is 1. The van der Waals surface area contributed by atoms with Crippen LogP contribution in [0.2, 0.25) is 0 Å². The number of hydrogen-bond donors (Lipinski definition) is 2. The molecule has 35 heavy (non-hydrogen) atoms. The number of anilines is 2. The van der Waals surface area contributed by atoms with Crippen molar-refractivity contribution in [3.8, 4) is 16.3 Å². The van der Waals surface area contributed by atoms with E-state index in [1.165, 1.54) is 10.4 Å². The fraction of sp³-hybridized carbons (Fsp3) is 0.333. The van der Waals surface area contributed by atoms with Gasteiger partial charge in [-0.15, -0.1) is 22.7 Å². The molecule has 180 valence electrons. The second kappa shape index (κ2) is 10.2. The van der Waals surface area contributed by atoms with E-state index >= 15 is 0 Å². The Morgan fingerprint density at radius 3 is 2.91 bits per heavy atom. The summed E-state index contributed by atoms with van der Waals surface area (Å²) in [5.74, 6) is 0.776. The van der Waals surface area contributed by atoms with E-state index in [-0.39, 0.29) is 5.91 Å². The molecule has 0 fully saturated rings. The molecular formula is C27H28N4O2S2. The lowest BCUT2D eigenvalue weighted by atomic mass is 10.0. The molecule has 0 saturated heterocycles. The molecule has 0 bridgehead atoms. The first kappa shape index (κ1) is 23.6. The number of amides is 1. The second-order valence-electron chi connectivity index (χ2n) is 8.82. The minimum Gasteiger partial charge on any atom is -0.497 e. The van der Waals surface area contributed by atoms with Gasteiger partial charge < -0.3 is 15.4 Å². The van der Waals surface area contributed by atoms with E-state index in [4.69, 9.17) is 9.72 Å². The first-order chi connectivity index (χ1) is 17.0. The molecule has 1 amide bonds. The topological polar surface area (TPSA) is 66.5 Å². The highest BCUT2D eigenvalue weighted by atomic mass is 32.1. The van der Waals surface area contributed by atoms with Crippen molar-refractivity contribution in [1.82, 2.24) is 9.88 Å². The highest BCUT2D eigenvalue weighted by molar-refractivity contribution is 7.22. The summed E-state index contributed by atoms with van der Waals surface area (Å²) >= 11 is 3.34. The van der Waals surface area contributed by atoms with Crippen LogP contribution in [0.5, 0.6) is 5.75 Å². The van der Waals surface area contributed by atoms with Crippen LogP contribution in [0.1, 0.15) is 30.7 Å². The van der Waals surface area contributed by atoms with Gasteiger partial charge in [-0.05, 0) is 38.0 Å². The third-order valence-electron chi connectivity index (χ3n) is 6.21. The van der Waals surface area contributed by atoms with Crippen LogP contribution in [-0.4, -0.2) is 42.0 Å². The fourth-order valence-corrected chi connectivity index (χ4v) is 6.66. The van der Waals surface area contributed by atoms with Gasteiger partial charge in [-0.2, -0.15) is 0 Å². The van der Waals surface area contributed by atoms with Gasteiger partial charge in [0.05, 0.1) is 17.3 Å². The first-order valence-corrected chi connectivity index (χ1v) is 13.4. The summed E-state index contributed by atoms with van der Waals surface area (Å²) in [6.07, 6.45) is 1.32. The van der Waals surface area contributed by atoms with Gasteiger partial charge in [0.1, 0.15) is 15.8 Å². The zero-order chi connectivity index (χ0) is 24.4. The number of methoxy groups -OCH3 is 1. The van der Waals surface area contributed by atoms with Crippen LogP contribution in [0.25, 0.3) is 20.8 Å². The number of fused-ring (bicyclic) bond motifs is 2. The van der Waals surface area contributed by atoms with Gasteiger partial charge in [0.25, 0.3) is 0 Å². The number of thiophene rings is 1. The summed E-state index contributed by atoms with van der Waals surface area (Å²) in [6, 6.07) is 18.0. The van der Waals surface area contributed by atoms with Crippen molar-refractivity contribution in [2.24, 2.45) is 0 Å². The standard InChI is InChI=1S/C27H28N4O2S2/c1-17(2)31-14-12-20-23(16-31)35-27(25(20)26-29-21-9-4-5-10-22(21)34-26)30-24(32)11-13-28-18-7-6-8-19(15-18)33-3/h6-10,15,17,28H,11-14,16H2,1-3H3,(H,30,32). The summed E-state index contributed by atoms with van der Waals surface area (Å²) in [7, 11) is 1.65. The van der Waals surface area contributed by atoms with Crippen molar-refractivity contribution in [3.63, 3.8) is 0 Å². The number of ether oxygens (including phenoxy) is 1. The largest absolute Gasteiger partial charge is 0.497 e. The van der Waals surface area contributed by atoms with E-state index in [0.717, 1.165) is 56.7 Å². The summed E-state index contributed by atoms with van der Waals surface area (Å²) in [6.45, 7) is 6.92. The molecule has 2 aromatic carbocycles. The highest BCUT2D eigenvalue weighted by Crippen LogP contribution is 2.45. The van der Waals surface area contributed by atoms with E-state index in [0.29, 0.717) is 19.0 Å². The molecule has 5 rings (SSSR count). The maximum Gasteiger partial charge on any atom is 0.226 e. The number of thiazole rings is 1. The number of rotatable bonds is 8. The number of hydrogen-bond acceptors (Lipinski definition) is 7. The van der Waals surface area contributed by atoms with Crippen molar-refractivity contribution in [2.75, 3.05) is 30.8 Å². The summed E-state index contributed by atoms with van der Waals surface area (Å²) in [4.78, 5) is 21.7. The summed E-state index contributed by atoms with van der Waals surface area (Å²) in [5.41, 5.74) is 4.26. The molecule has 0 unspecified atom stereocenters. The Balaban J connectivity index is 1.37. The molecule has 1 aliphatic rings. The smallest absolute Gasteiger partial charge is 0.226 e. The van der Waals surface area contributed by atoms with Crippen molar-refractivity contribution in [3.05, 3.63) is 59.0 Å². The van der Waals surface area contributed by atoms with Crippen LogP contribution in [0, 0.1) is 12.1 Å². The van der Waals surface area contributed by atoms with Crippen molar-refractivity contribution >= 4 is 49.5 Å². The molecule has 0 radical (unpaired) electrons. The molecule has 1 aliphatic heterocycles. The Kier molecular flexibility index (Phi) is 6.91. The lowest BCUT2D eigenvalue weighted by Gasteiger charge is -2.30. The maximum absolute atomic E-state index is 13.0. The van der Waals surface area contributed by atoms with E-state index < -0.39 is 0 Å². The maximum atomic E-state index is 13.0. The van der Waals surface area contributed by atoms with Gasteiger partial charge in [0.2, 0.25) is 5.91 Å². The van der Waals surface area contributed by atoms with Gasteiger partial charge in [0.15, 0.2) is 0 Å². The van der Waals surface area contributed by atoms with Crippen LogP contribution in [0.3, 0.4) is 0 Å². The van der Waals surface area contributed by atoms with Crippen LogP contribution in [-0.2, 0) is 17.8 Å². The van der Waals surface area contributed by atoms with Gasteiger partial charge >= 0.3 is 0 Å². The average molecular weight is 505 g/mol. The normalized spacial score (nSPS) is 13.5. The fourth-order valence-electron chi connectivity index (χ4n) is 4.30. The molecule has 0 aliphatic carbocycles. The zero-order valence-corrected chi connectivity index (χ0v) is 21.7. The van der Waals surface area contributed by atoms with Crippen LogP contribution in [0.4, 0.5) is 10.7 Å². The molecular weight excluding hydrogens is 476 g/mol. The van der Waals surface area contributed by atoms with Crippen molar-refractivity contribution in [1.29, 1.82) is 0 Å². The Morgan fingerprint density at radius 1 is 1.26 bits per heavy atom. The van der Waals surface area contributed by atoms with E-state index in [2.05, 4.69) is 41.5 Å². The minimum atomic E-state index is -0.0104. The van der Waals surface area contributed by atoms with Gasteiger partial charge in [0, 0.05) is 66.4 Å². The number of benzene rings is 1. The van der Waals surface area contributed by atoms with E-state index in [1.807, 2.05) is 36.4 Å². The van der Waals surface area contributed by atoms with E-state index in [9.17, 15) is 4.79 Å². The lowest BCUT2D eigenvalue weighted by molar-refractivity contribution is -0.115. The van der Waals surface area contributed by atoms with Gasteiger partial charge in [-0.3, -0.25) is 9.69 Å². The van der Waals surface area contributed by atoms with Gasteiger partial charge in [-0.1, -0.05) is 18.2 Å². The highest BCUT2D eigenvalue weighted by Gasteiger charge is 2.28. The Labute approximate surface area is 214 Å². The molecule has 0 atom stereocenters. The van der Waals surface area contributed by atoms with Gasteiger partial charge in [-0.25, -0.2) is 4.98 Å². The second-order valence-corrected chi connectivity index (χ2v) is 11.0. The number of nitrogens with zero attached hydrogens (tertiary/aromatic N) is 2. The summed E-state index contributed by atoms with van der Waals surface area (Å²) < 4.78 is 6.35. The third kappa shape index (κ3) is 5.13. The van der Waals surface area contributed by atoms with Crippen molar-refractivity contribution < 1.29 is 9.53 Å². The number of carbonyl (C=O) groups excluding carboxylic acids is 1. The predicted octanol–water partition coefficient (Wildman–Crippen LogP) is 5.84. The van der Waals surface area contributed by atoms with E-state index in [1.54, 1.807) is 29.8 Å². The molecule has 0 saturated carbocycles. The third-order valence-corrected chi connectivity index (χ3v) is 8.38. The lowest BCUT2D eigenvalue weighted by Crippen LogP contribution is -2.35. The van der Waals surface area contributed by atoms with Crippen LogP contribution in [0.15, 0.2) is 36.4 Å². The average Bonchev–Trinajstić information content (AvgIpc) is 3.44. The number of aromatic nitrogens is 1. The van der Waals surface area contributed by atoms with Crippen molar-refractivity contribution in [2.45, 2.75) is 39.3 Å². The first-order valence-electron chi connectivity index (χ1n) is 11.8. The molecule has 6 nitrogen and oxygen atoms in total. The molecule has 0 spiro atoms. The quantitative estimate of drug-likeness (QED) is 0.316. The molecule has 4 aromatic rings. The Bertz CT molecular complexity index is 1310. The summed E-state index contributed by atoms with van der Waals surface area (Å²) in [5, 5.41) is 8.37. The minimum absolute atomic E-state index is 0.0104. The van der Waals surface area contributed by atoms with Crippen LogP contribution < -0.4 is 15.4 Å². The monoisotopic (exact) mass is 504 g/mol. The SMILES string of the molecule is COc1cccc(NCCC(=O)Nc2sc3c(c2-c2nc4cc#ccc4s2)CCN(C(C)C)C3)c1. The Hall–Kier alpha value is -3.12.